The number of hydrogen-bond donors (Lipinski definition) is 1. The van der Waals surface area contributed by atoms with Crippen LogP contribution in [0.4, 0.5) is 13.2 Å². The van der Waals surface area contributed by atoms with E-state index in [1.165, 1.54) is 0 Å². The number of aromatic nitrogens is 3. The Kier molecular flexibility index (Phi) is 3.56. The molecule has 20 heavy (non-hydrogen) atoms. The Balaban J connectivity index is 2.68. The number of benzene rings is 1. The molecule has 2 rings (SSSR count). The Morgan fingerprint density at radius 1 is 1.10 bits per heavy atom. The summed E-state index contributed by atoms with van der Waals surface area (Å²) in [5.41, 5.74) is -0.457. The molecule has 1 aromatic heterocycles. The summed E-state index contributed by atoms with van der Waals surface area (Å²) in [6, 6.07) is 1.71. The van der Waals surface area contributed by atoms with Crippen LogP contribution in [0.2, 0.25) is 0 Å². The van der Waals surface area contributed by atoms with Gasteiger partial charge in [-0.3, -0.25) is 0 Å². The molecule has 7 heteroatoms. The maximum absolute atomic E-state index is 13.3. The minimum absolute atomic E-state index is 0.0588. The first-order chi connectivity index (χ1) is 9.25. The third-order valence-corrected chi connectivity index (χ3v) is 2.78. The summed E-state index contributed by atoms with van der Waals surface area (Å²) in [7, 11) is 0. The van der Waals surface area contributed by atoms with Crippen LogP contribution in [0, 0.1) is 17.5 Å². The molecule has 1 N–H and O–H groups in total. The summed E-state index contributed by atoms with van der Waals surface area (Å²) in [5.74, 6) is -3.70. The number of hydrogen-bond acceptors (Lipinski definition) is 3. The van der Waals surface area contributed by atoms with Gasteiger partial charge in [-0.15, -0.1) is 10.2 Å². The van der Waals surface area contributed by atoms with Crippen LogP contribution in [-0.4, -0.2) is 19.9 Å². The van der Waals surface area contributed by atoms with Crippen molar-refractivity contribution in [2.45, 2.75) is 32.9 Å². The summed E-state index contributed by atoms with van der Waals surface area (Å²) in [6.07, 6.45) is 0. The lowest BCUT2D eigenvalue weighted by Crippen LogP contribution is -2.25. The highest BCUT2D eigenvalue weighted by molar-refractivity contribution is 5.56. The number of nitrogens with zero attached hydrogens (tertiary/aromatic N) is 3. The van der Waals surface area contributed by atoms with Crippen LogP contribution in [0.25, 0.3) is 11.4 Å². The smallest absolute Gasteiger partial charge is 0.194 e. The van der Waals surface area contributed by atoms with E-state index in [1.54, 1.807) is 4.57 Å². The van der Waals surface area contributed by atoms with Gasteiger partial charge in [-0.05, 0) is 32.9 Å². The molecule has 4 nitrogen and oxygen atoms in total. The third-order valence-electron chi connectivity index (χ3n) is 2.78. The largest absolute Gasteiger partial charge is 0.388 e. The van der Waals surface area contributed by atoms with Gasteiger partial charge in [-0.25, -0.2) is 13.2 Å². The van der Waals surface area contributed by atoms with Crippen molar-refractivity contribution in [1.82, 2.24) is 14.8 Å². The van der Waals surface area contributed by atoms with Gasteiger partial charge in [0.15, 0.2) is 29.1 Å². The standard InChI is InChI=1S/C13H14F3N3O/c1-13(2,3)19-10(6-20)17-18-12(19)7-4-8(14)11(16)9(15)5-7/h4-5,20H,6H2,1-3H3. The Labute approximate surface area is 113 Å². The van der Waals surface area contributed by atoms with Gasteiger partial charge in [0.1, 0.15) is 6.61 Å². The van der Waals surface area contributed by atoms with Crippen LogP contribution in [-0.2, 0) is 12.1 Å². The van der Waals surface area contributed by atoms with E-state index >= 15 is 0 Å². The Hall–Kier alpha value is -1.89. The minimum Gasteiger partial charge on any atom is -0.388 e. The van der Waals surface area contributed by atoms with E-state index in [-0.39, 0.29) is 23.8 Å². The molecule has 0 bridgehead atoms. The summed E-state index contributed by atoms with van der Waals surface area (Å²) in [6.45, 7) is 5.12. The van der Waals surface area contributed by atoms with E-state index < -0.39 is 23.0 Å². The molecular weight excluding hydrogens is 271 g/mol. The van der Waals surface area contributed by atoms with Gasteiger partial charge in [-0.2, -0.15) is 0 Å². The van der Waals surface area contributed by atoms with E-state index in [1.807, 2.05) is 20.8 Å². The number of rotatable bonds is 2. The second kappa shape index (κ2) is 4.90. The fourth-order valence-electron chi connectivity index (χ4n) is 2.00. The van der Waals surface area contributed by atoms with Crippen LogP contribution in [0.15, 0.2) is 12.1 Å². The Morgan fingerprint density at radius 2 is 1.65 bits per heavy atom. The molecule has 0 saturated carbocycles. The van der Waals surface area contributed by atoms with Gasteiger partial charge in [0.25, 0.3) is 0 Å². The topological polar surface area (TPSA) is 50.9 Å². The first-order valence-corrected chi connectivity index (χ1v) is 5.96. The highest BCUT2D eigenvalue weighted by Crippen LogP contribution is 2.28. The maximum atomic E-state index is 13.3. The zero-order chi connectivity index (χ0) is 15.1. The molecule has 0 aliphatic heterocycles. The van der Waals surface area contributed by atoms with Gasteiger partial charge < -0.3 is 9.67 Å². The van der Waals surface area contributed by atoms with E-state index in [0.29, 0.717) is 0 Å². The van der Waals surface area contributed by atoms with E-state index in [2.05, 4.69) is 10.2 Å². The number of halogens is 3. The first-order valence-electron chi connectivity index (χ1n) is 5.96. The molecule has 2 aromatic rings. The van der Waals surface area contributed by atoms with Gasteiger partial charge >= 0.3 is 0 Å². The highest BCUT2D eigenvalue weighted by Gasteiger charge is 2.24. The zero-order valence-corrected chi connectivity index (χ0v) is 11.3. The summed E-state index contributed by atoms with van der Waals surface area (Å²) in [5, 5.41) is 16.9. The molecule has 0 atom stereocenters. The monoisotopic (exact) mass is 285 g/mol. The molecule has 1 heterocycles. The van der Waals surface area contributed by atoms with Crippen molar-refractivity contribution in [2.24, 2.45) is 0 Å². The normalized spacial score (nSPS) is 11.9. The summed E-state index contributed by atoms with van der Waals surface area (Å²) < 4.78 is 41.2. The van der Waals surface area contributed by atoms with E-state index in [9.17, 15) is 18.3 Å². The predicted molar refractivity (Wildman–Crippen MR) is 66.3 cm³/mol. The van der Waals surface area contributed by atoms with Gasteiger partial charge in [-0.1, -0.05) is 0 Å². The minimum atomic E-state index is -1.53. The second-order valence-electron chi connectivity index (χ2n) is 5.36. The van der Waals surface area contributed by atoms with E-state index in [4.69, 9.17) is 0 Å². The van der Waals surface area contributed by atoms with Crippen molar-refractivity contribution >= 4 is 0 Å². The Bertz CT molecular complexity index is 624. The quantitative estimate of drug-likeness (QED) is 0.863. The molecule has 0 radical (unpaired) electrons. The lowest BCUT2D eigenvalue weighted by molar-refractivity contribution is 0.250. The van der Waals surface area contributed by atoms with E-state index in [0.717, 1.165) is 12.1 Å². The van der Waals surface area contributed by atoms with Crippen LogP contribution in [0.1, 0.15) is 26.6 Å². The lowest BCUT2D eigenvalue weighted by atomic mass is 10.1. The zero-order valence-electron chi connectivity index (χ0n) is 11.3. The van der Waals surface area contributed by atoms with Crippen molar-refractivity contribution < 1.29 is 18.3 Å². The average molecular weight is 285 g/mol. The third kappa shape index (κ3) is 2.40. The van der Waals surface area contributed by atoms with Gasteiger partial charge in [0.05, 0.1) is 0 Å². The van der Waals surface area contributed by atoms with Crippen molar-refractivity contribution in [3.05, 3.63) is 35.4 Å². The molecule has 0 unspecified atom stereocenters. The first kappa shape index (κ1) is 14.5. The average Bonchev–Trinajstić information content (AvgIpc) is 2.79. The van der Waals surface area contributed by atoms with Crippen LogP contribution < -0.4 is 0 Å². The molecule has 108 valence electrons. The van der Waals surface area contributed by atoms with Gasteiger partial charge in [0.2, 0.25) is 0 Å². The van der Waals surface area contributed by atoms with Crippen molar-refractivity contribution in [2.75, 3.05) is 0 Å². The molecule has 0 fully saturated rings. The molecule has 0 spiro atoms. The summed E-state index contributed by atoms with van der Waals surface area (Å²) in [4.78, 5) is 0. The SMILES string of the molecule is CC(C)(C)n1c(CO)nnc1-c1cc(F)c(F)c(F)c1. The van der Waals surface area contributed by atoms with Crippen molar-refractivity contribution in [1.29, 1.82) is 0 Å². The fourth-order valence-corrected chi connectivity index (χ4v) is 2.00. The molecular formula is C13H14F3N3O. The lowest BCUT2D eigenvalue weighted by Gasteiger charge is -2.24. The molecule has 0 aliphatic carbocycles. The highest BCUT2D eigenvalue weighted by atomic mass is 19.2. The Morgan fingerprint density at radius 3 is 2.10 bits per heavy atom. The van der Waals surface area contributed by atoms with Gasteiger partial charge in [0, 0.05) is 11.1 Å². The van der Waals surface area contributed by atoms with Crippen molar-refractivity contribution in [3.63, 3.8) is 0 Å². The van der Waals surface area contributed by atoms with Crippen LogP contribution >= 0.6 is 0 Å². The molecule has 0 amide bonds. The maximum Gasteiger partial charge on any atom is 0.194 e. The fraction of sp³-hybridized carbons (Fsp3) is 0.385. The van der Waals surface area contributed by atoms with Crippen LogP contribution in [0.5, 0.6) is 0 Å². The van der Waals surface area contributed by atoms with Crippen LogP contribution in [0.3, 0.4) is 0 Å². The molecule has 0 saturated heterocycles. The number of aliphatic hydroxyl groups is 1. The number of aliphatic hydroxyl groups excluding tert-OH is 1. The second-order valence-corrected chi connectivity index (χ2v) is 5.36. The molecule has 1 aromatic carbocycles. The molecule has 0 aliphatic rings. The predicted octanol–water partition coefficient (Wildman–Crippen LogP) is 2.61. The van der Waals surface area contributed by atoms with Crippen molar-refractivity contribution in [3.8, 4) is 11.4 Å². The summed E-state index contributed by atoms with van der Waals surface area (Å²) >= 11 is 0.